The Kier molecular flexibility index (Phi) is 6.42. The number of carbonyl (C=O) groups is 4. The first-order valence-electron chi connectivity index (χ1n) is 9.00. The lowest BCUT2D eigenvalue weighted by Gasteiger charge is -2.27. The van der Waals surface area contributed by atoms with Crippen molar-refractivity contribution in [3.8, 4) is 0 Å². The van der Waals surface area contributed by atoms with Crippen molar-refractivity contribution in [2.24, 2.45) is 0 Å². The molecule has 0 radical (unpaired) electrons. The molecular formula is C23H16O8. The van der Waals surface area contributed by atoms with Gasteiger partial charge in [0.05, 0.1) is 16.7 Å². The van der Waals surface area contributed by atoms with Gasteiger partial charge in [0, 0.05) is 0 Å². The van der Waals surface area contributed by atoms with Crippen LogP contribution in [0.3, 0.4) is 0 Å². The lowest BCUT2D eigenvalue weighted by Crippen LogP contribution is -2.51. The second-order valence-corrected chi connectivity index (χ2v) is 6.13. The zero-order chi connectivity index (χ0) is 22.3. The summed E-state index contributed by atoms with van der Waals surface area (Å²) in [7, 11) is 0. The quantitative estimate of drug-likeness (QED) is 0.457. The molecule has 0 aliphatic carbocycles. The normalized spacial score (nSPS) is 10.6. The first-order chi connectivity index (χ1) is 14.9. The standard InChI is InChI=1S/C23H16O8/c24-19(16-10-4-1-5-11-16)29-23(22(27)28,30-20(25)17-12-6-2-7-13-17)31-21(26)18-14-8-3-9-15-18/h1-15H,(H,27,28). The summed E-state index contributed by atoms with van der Waals surface area (Å²) in [5.74, 6) is -8.89. The summed E-state index contributed by atoms with van der Waals surface area (Å²) < 4.78 is 14.8. The van der Waals surface area contributed by atoms with Gasteiger partial charge in [0.1, 0.15) is 0 Å². The number of carbonyl (C=O) groups excluding carboxylic acids is 3. The largest absolute Gasteiger partial charge is 0.530 e. The van der Waals surface area contributed by atoms with Crippen LogP contribution in [0, 0.1) is 0 Å². The van der Waals surface area contributed by atoms with Gasteiger partial charge in [-0.1, -0.05) is 54.6 Å². The fourth-order valence-corrected chi connectivity index (χ4v) is 2.46. The summed E-state index contributed by atoms with van der Waals surface area (Å²) >= 11 is 0. The number of carboxylic acid groups (broad SMARTS) is 1. The number of aliphatic carboxylic acids is 1. The number of ether oxygens (including phenoxy) is 3. The maximum Gasteiger partial charge on any atom is 0.530 e. The highest BCUT2D eigenvalue weighted by Crippen LogP contribution is 2.23. The van der Waals surface area contributed by atoms with E-state index in [2.05, 4.69) is 0 Å². The van der Waals surface area contributed by atoms with Gasteiger partial charge in [-0.3, -0.25) is 0 Å². The molecule has 1 N–H and O–H groups in total. The Hall–Kier alpha value is -4.46. The number of hydrogen-bond donors (Lipinski definition) is 1. The smallest absolute Gasteiger partial charge is 0.472 e. The van der Waals surface area contributed by atoms with E-state index in [0.29, 0.717) is 0 Å². The van der Waals surface area contributed by atoms with E-state index in [1.807, 2.05) is 0 Å². The van der Waals surface area contributed by atoms with E-state index in [4.69, 9.17) is 14.2 Å². The molecule has 0 heterocycles. The molecule has 3 aromatic rings. The molecule has 31 heavy (non-hydrogen) atoms. The number of benzene rings is 3. The number of carboxylic acids is 1. The molecule has 0 aromatic heterocycles. The van der Waals surface area contributed by atoms with E-state index in [1.165, 1.54) is 72.8 Å². The minimum Gasteiger partial charge on any atom is -0.472 e. The summed E-state index contributed by atoms with van der Waals surface area (Å²) in [6, 6.07) is 22.1. The predicted octanol–water partition coefficient (Wildman–Crippen LogP) is 3.30. The van der Waals surface area contributed by atoms with Gasteiger partial charge >= 0.3 is 29.9 Å². The van der Waals surface area contributed by atoms with Crippen LogP contribution >= 0.6 is 0 Å². The van der Waals surface area contributed by atoms with Gasteiger partial charge < -0.3 is 19.3 Å². The highest BCUT2D eigenvalue weighted by molar-refractivity contribution is 5.97. The molecule has 0 fully saturated rings. The first-order valence-corrected chi connectivity index (χ1v) is 9.00. The molecule has 0 aliphatic rings. The minimum atomic E-state index is -3.35. The maximum atomic E-state index is 12.5. The van der Waals surface area contributed by atoms with Gasteiger partial charge in [0.25, 0.3) is 0 Å². The van der Waals surface area contributed by atoms with Crippen molar-refractivity contribution in [3.05, 3.63) is 108 Å². The van der Waals surface area contributed by atoms with Crippen molar-refractivity contribution in [2.45, 2.75) is 5.97 Å². The molecule has 8 nitrogen and oxygen atoms in total. The fourth-order valence-electron chi connectivity index (χ4n) is 2.46. The van der Waals surface area contributed by atoms with Gasteiger partial charge in [-0.15, -0.1) is 0 Å². The number of esters is 3. The Balaban J connectivity index is 1.97. The molecule has 0 atom stereocenters. The molecule has 0 saturated heterocycles. The van der Waals surface area contributed by atoms with E-state index in [0.717, 1.165) is 0 Å². The van der Waals surface area contributed by atoms with Gasteiger partial charge in [0.15, 0.2) is 0 Å². The lowest BCUT2D eigenvalue weighted by molar-refractivity contribution is -0.292. The van der Waals surface area contributed by atoms with Crippen molar-refractivity contribution < 1.29 is 38.5 Å². The molecule has 3 aromatic carbocycles. The van der Waals surface area contributed by atoms with Crippen LogP contribution in [0.15, 0.2) is 91.0 Å². The van der Waals surface area contributed by atoms with Gasteiger partial charge in [-0.05, 0) is 36.4 Å². The Morgan fingerprint density at radius 2 is 0.774 bits per heavy atom. The van der Waals surface area contributed by atoms with Crippen LogP contribution in [0.2, 0.25) is 0 Å². The highest BCUT2D eigenvalue weighted by atomic mass is 16.9. The number of hydrogen-bond acceptors (Lipinski definition) is 7. The van der Waals surface area contributed by atoms with Crippen molar-refractivity contribution in [2.75, 3.05) is 0 Å². The predicted molar refractivity (Wildman–Crippen MR) is 106 cm³/mol. The van der Waals surface area contributed by atoms with E-state index < -0.39 is 29.9 Å². The molecular weight excluding hydrogens is 404 g/mol. The summed E-state index contributed by atoms with van der Waals surface area (Å²) in [6.45, 7) is 0. The van der Waals surface area contributed by atoms with Gasteiger partial charge in [0.2, 0.25) is 0 Å². The monoisotopic (exact) mass is 420 g/mol. The van der Waals surface area contributed by atoms with Crippen LogP contribution in [-0.4, -0.2) is 35.0 Å². The summed E-state index contributed by atoms with van der Waals surface area (Å²) in [5.41, 5.74) is -0.126. The summed E-state index contributed by atoms with van der Waals surface area (Å²) in [6.07, 6.45) is 0. The third-order valence-electron chi connectivity index (χ3n) is 3.97. The van der Waals surface area contributed by atoms with Crippen LogP contribution in [-0.2, 0) is 19.0 Å². The highest BCUT2D eigenvalue weighted by Gasteiger charge is 2.53. The molecule has 0 spiro atoms. The molecule has 0 bridgehead atoms. The fraction of sp³-hybridized carbons (Fsp3) is 0.0435. The Morgan fingerprint density at radius 1 is 0.516 bits per heavy atom. The molecule has 156 valence electrons. The molecule has 0 aliphatic heterocycles. The molecule has 0 unspecified atom stereocenters. The van der Waals surface area contributed by atoms with E-state index in [1.54, 1.807) is 18.2 Å². The first kappa shape index (κ1) is 21.3. The van der Waals surface area contributed by atoms with Crippen molar-refractivity contribution in [1.82, 2.24) is 0 Å². The maximum absolute atomic E-state index is 12.5. The number of rotatable bonds is 7. The van der Waals surface area contributed by atoms with Gasteiger partial charge in [-0.2, -0.15) is 0 Å². The summed E-state index contributed by atoms with van der Waals surface area (Å²) in [5, 5.41) is 9.78. The van der Waals surface area contributed by atoms with Crippen LogP contribution in [0.25, 0.3) is 0 Å². The van der Waals surface area contributed by atoms with Crippen LogP contribution in [0.4, 0.5) is 0 Å². The SMILES string of the molecule is O=C(OC(OC(=O)c1ccccc1)(OC(=O)c1ccccc1)C(=O)O)c1ccccc1. The molecule has 0 amide bonds. The Labute approximate surface area is 176 Å². The van der Waals surface area contributed by atoms with Gasteiger partial charge in [-0.25, -0.2) is 19.2 Å². The zero-order valence-corrected chi connectivity index (χ0v) is 16.0. The van der Waals surface area contributed by atoms with Crippen LogP contribution in [0.5, 0.6) is 0 Å². The topological polar surface area (TPSA) is 116 Å². The van der Waals surface area contributed by atoms with E-state index >= 15 is 0 Å². The molecule has 0 saturated carbocycles. The lowest BCUT2D eigenvalue weighted by atomic mass is 10.2. The van der Waals surface area contributed by atoms with E-state index in [9.17, 15) is 24.3 Å². The average molecular weight is 420 g/mol. The second-order valence-electron chi connectivity index (χ2n) is 6.13. The summed E-state index contributed by atoms with van der Waals surface area (Å²) in [4.78, 5) is 49.7. The Morgan fingerprint density at radius 3 is 1.00 bits per heavy atom. The molecule has 3 rings (SSSR count). The minimum absolute atomic E-state index is 0.0420. The molecule has 8 heteroatoms. The third kappa shape index (κ3) is 5.13. The second kappa shape index (κ2) is 9.36. The third-order valence-corrected chi connectivity index (χ3v) is 3.97. The van der Waals surface area contributed by atoms with Crippen molar-refractivity contribution in [1.29, 1.82) is 0 Å². The van der Waals surface area contributed by atoms with Crippen LogP contribution < -0.4 is 0 Å². The van der Waals surface area contributed by atoms with Crippen LogP contribution in [0.1, 0.15) is 31.1 Å². The van der Waals surface area contributed by atoms with E-state index in [-0.39, 0.29) is 16.7 Å². The van der Waals surface area contributed by atoms with Crippen molar-refractivity contribution in [3.63, 3.8) is 0 Å². The average Bonchev–Trinajstić information content (AvgIpc) is 2.80. The zero-order valence-electron chi connectivity index (χ0n) is 16.0. The van der Waals surface area contributed by atoms with Crippen molar-refractivity contribution >= 4 is 23.9 Å². The Bertz CT molecular complexity index is 948.